The molecule has 2 heterocycles. The number of anilines is 2. The molecule has 164 valence electrons. The Labute approximate surface area is 178 Å². The number of carbonyl (C=O) groups excluding carboxylic acids is 2. The largest absolute Gasteiger partial charge is 0.383 e. The van der Waals surface area contributed by atoms with E-state index >= 15 is 0 Å². The topological polar surface area (TPSA) is 127 Å². The van der Waals surface area contributed by atoms with E-state index in [1.807, 2.05) is 26.8 Å². The molecule has 0 fully saturated rings. The predicted octanol–water partition coefficient (Wildman–Crippen LogP) is 1.79. The van der Waals surface area contributed by atoms with Crippen molar-refractivity contribution in [2.24, 2.45) is 5.92 Å². The van der Waals surface area contributed by atoms with Gasteiger partial charge in [-0.25, -0.2) is 4.79 Å². The fraction of sp³-hybridized carbons (Fsp3) is 0.500. The van der Waals surface area contributed by atoms with Gasteiger partial charge in [0.05, 0.1) is 11.5 Å². The zero-order valence-corrected chi connectivity index (χ0v) is 18.5. The number of aromatic nitrogens is 2. The van der Waals surface area contributed by atoms with E-state index in [1.165, 1.54) is 27.9 Å². The molecule has 0 aromatic carbocycles. The van der Waals surface area contributed by atoms with Gasteiger partial charge in [-0.1, -0.05) is 13.8 Å². The molecular formula is C20H28N4O5S. The van der Waals surface area contributed by atoms with E-state index in [0.29, 0.717) is 4.88 Å². The number of nitrogens with zero attached hydrogens (tertiary/aromatic N) is 2. The van der Waals surface area contributed by atoms with Crippen LogP contribution in [0.25, 0.3) is 0 Å². The summed E-state index contributed by atoms with van der Waals surface area (Å²) in [5, 5.41) is 0. The molecule has 30 heavy (non-hydrogen) atoms. The lowest BCUT2D eigenvalue weighted by atomic mass is 10.1. The van der Waals surface area contributed by atoms with Crippen molar-refractivity contribution in [1.82, 2.24) is 9.55 Å². The Morgan fingerprint density at radius 2 is 1.97 bits per heavy atom. The van der Waals surface area contributed by atoms with Crippen LogP contribution in [0.5, 0.6) is 0 Å². The number of Topliss-reactive ketones (excluding diaryl/α,β-unsaturated/α-hetero) is 1. The lowest BCUT2D eigenvalue weighted by Crippen LogP contribution is -2.43. The summed E-state index contributed by atoms with van der Waals surface area (Å²) in [4.78, 5) is 55.0. The first-order chi connectivity index (χ1) is 14.1. The number of nitrogens with one attached hydrogen (secondary N) is 1. The minimum atomic E-state index is -0.748. The lowest BCUT2D eigenvalue weighted by molar-refractivity contribution is -0.118. The first kappa shape index (κ1) is 23.6. The third-order valence-electron chi connectivity index (χ3n) is 4.43. The molecule has 0 spiro atoms. The maximum Gasteiger partial charge on any atom is 0.330 e. The van der Waals surface area contributed by atoms with Gasteiger partial charge >= 0.3 is 5.69 Å². The second-order valence-corrected chi connectivity index (χ2v) is 8.66. The summed E-state index contributed by atoms with van der Waals surface area (Å²) in [7, 11) is 1.47. The molecule has 2 aromatic rings. The Kier molecular flexibility index (Phi) is 8.13. The minimum absolute atomic E-state index is 0.00567. The lowest BCUT2D eigenvalue weighted by Gasteiger charge is -2.24. The second-order valence-electron chi connectivity index (χ2n) is 7.37. The number of ether oxygens (including phenoxy) is 1. The van der Waals surface area contributed by atoms with Crippen LogP contribution in [0.2, 0.25) is 0 Å². The Hall–Kier alpha value is -2.72. The minimum Gasteiger partial charge on any atom is -0.383 e. The van der Waals surface area contributed by atoms with Crippen LogP contribution in [0.1, 0.15) is 41.2 Å². The fourth-order valence-corrected chi connectivity index (χ4v) is 3.83. The molecule has 0 aliphatic rings. The second kappa shape index (κ2) is 10.4. The molecule has 0 radical (unpaired) electrons. The highest BCUT2D eigenvalue weighted by Gasteiger charge is 2.25. The molecule has 0 saturated heterocycles. The number of carbonyl (C=O) groups is 2. The average molecular weight is 437 g/mol. The maximum atomic E-state index is 12.9. The number of hydrogen-bond acceptors (Lipinski definition) is 7. The first-order valence-corrected chi connectivity index (χ1v) is 10.5. The van der Waals surface area contributed by atoms with Crippen LogP contribution < -0.4 is 21.9 Å². The number of nitrogens with two attached hydrogens (primary N) is 1. The van der Waals surface area contributed by atoms with Crippen LogP contribution in [0, 0.1) is 12.8 Å². The summed E-state index contributed by atoms with van der Waals surface area (Å²) in [5.74, 6) is -0.568. The molecule has 0 unspecified atom stereocenters. The first-order valence-electron chi connectivity index (χ1n) is 9.67. The predicted molar refractivity (Wildman–Crippen MR) is 117 cm³/mol. The normalized spacial score (nSPS) is 11.1. The van der Waals surface area contributed by atoms with Gasteiger partial charge in [0, 0.05) is 37.9 Å². The summed E-state index contributed by atoms with van der Waals surface area (Å²) in [5.41, 5.74) is 4.66. The number of H-pyrrole nitrogens is 1. The Morgan fingerprint density at radius 1 is 1.27 bits per heavy atom. The van der Waals surface area contributed by atoms with Gasteiger partial charge in [0.2, 0.25) is 5.91 Å². The Balaban J connectivity index is 2.32. The van der Waals surface area contributed by atoms with Gasteiger partial charge in [-0.15, -0.1) is 11.3 Å². The van der Waals surface area contributed by atoms with Crippen molar-refractivity contribution in [3.05, 3.63) is 42.7 Å². The number of aryl methyl sites for hydroxylation is 1. The molecule has 0 aliphatic carbocycles. The monoisotopic (exact) mass is 436 g/mol. The summed E-state index contributed by atoms with van der Waals surface area (Å²) in [6.07, 6.45) is -0.0899. The van der Waals surface area contributed by atoms with E-state index in [4.69, 9.17) is 10.5 Å². The molecule has 2 rings (SSSR count). The van der Waals surface area contributed by atoms with Crippen molar-refractivity contribution in [1.29, 1.82) is 0 Å². The van der Waals surface area contributed by atoms with Gasteiger partial charge in [0.15, 0.2) is 11.5 Å². The van der Waals surface area contributed by atoms with E-state index in [0.717, 1.165) is 4.88 Å². The van der Waals surface area contributed by atoms with Crippen molar-refractivity contribution in [3.8, 4) is 0 Å². The van der Waals surface area contributed by atoms with Crippen LogP contribution in [0.3, 0.4) is 0 Å². The number of thiophene rings is 1. The number of hydrogen-bond donors (Lipinski definition) is 2. The smallest absolute Gasteiger partial charge is 0.330 e. The van der Waals surface area contributed by atoms with Crippen LogP contribution in [-0.2, 0) is 16.1 Å². The highest BCUT2D eigenvalue weighted by Crippen LogP contribution is 2.21. The summed E-state index contributed by atoms with van der Waals surface area (Å²) in [6, 6.07) is 3.59. The molecule has 0 saturated carbocycles. The molecular weight excluding hydrogens is 408 g/mol. The Morgan fingerprint density at radius 3 is 2.53 bits per heavy atom. The van der Waals surface area contributed by atoms with Crippen LogP contribution in [-0.4, -0.2) is 41.5 Å². The van der Waals surface area contributed by atoms with E-state index in [-0.39, 0.29) is 55.7 Å². The van der Waals surface area contributed by atoms with E-state index in [9.17, 15) is 19.2 Å². The highest BCUT2D eigenvalue weighted by molar-refractivity contribution is 7.14. The number of nitrogen functional groups attached to an aromatic ring is 1. The number of rotatable bonds is 10. The van der Waals surface area contributed by atoms with Gasteiger partial charge in [0.25, 0.3) is 5.56 Å². The quantitative estimate of drug-likeness (QED) is 0.547. The van der Waals surface area contributed by atoms with Crippen molar-refractivity contribution in [2.45, 2.75) is 40.2 Å². The van der Waals surface area contributed by atoms with Gasteiger partial charge in [-0.05, 0) is 25.0 Å². The van der Waals surface area contributed by atoms with Crippen LogP contribution in [0.15, 0.2) is 21.7 Å². The van der Waals surface area contributed by atoms with Gasteiger partial charge < -0.3 is 15.4 Å². The number of methoxy groups -OCH3 is 1. The Bertz CT molecular complexity index is 1020. The zero-order valence-electron chi connectivity index (χ0n) is 17.7. The molecule has 9 nitrogen and oxygen atoms in total. The van der Waals surface area contributed by atoms with E-state index < -0.39 is 17.2 Å². The van der Waals surface area contributed by atoms with Crippen molar-refractivity contribution in [2.75, 3.05) is 30.9 Å². The van der Waals surface area contributed by atoms with E-state index in [2.05, 4.69) is 4.98 Å². The number of ketones is 1. The van der Waals surface area contributed by atoms with Crippen molar-refractivity contribution in [3.63, 3.8) is 0 Å². The molecule has 10 heteroatoms. The van der Waals surface area contributed by atoms with Crippen molar-refractivity contribution < 1.29 is 14.3 Å². The van der Waals surface area contributed by atoms with Gasteiger partial charge in [-0.3, -0.25) is 23.9 Å². The molecule has 1 amide bonds. The van der Waals surface area contributed by atoms with Gasteiger partial charge in [0.1, 0.15) is 5.82 Å². The average Bonchev–Trinajstić information content (AvgIpc) is 3.11. The third kappa shape index (κ3) is 5.67. The van der Waals surface area contributed by atoms with Crippen LogP contribution >= 0.6 is 11.3 Å². The van der Waals surface area contributed by atoms with Crippen LogP contribution in [0.4, 0.5) is 11.5 Å². The number of aromatic amines is 1. The molecule has 2 aromatic heterocycles. The molecule has 0 atom stereocenters. The summed E-state index contributed by atoms with van der Waals surface area (Å²) < 4.78 is 6.30. The third-order valence-corrected chi connectivity index (χ3v) is 5.47. The van der Waals surface area contributed by atoms with E-state index in [1.54, 1.807) is 6.07 Å². The van der Waals surface area contributed by atoms with Crippen molar-refractivity contribution >= 4 is 34.5 Å². The molecule has 0 bridgehead atoms. The molecule has 3 N–H and O–H groups in total. The maximum absolute atomic E-state index is 12.9. The summed E-state index contributed by atoms with van der Waals surface area (Å²) >= 11 is 1.37. The summed E-state index contributed by atoms with van der Waals surface area (Å²) in [6.45, 7) is 6.22. The number of amides is 1. The highest BCUT2D eigenvalue weighted by atomic mass is 32.1. The standard InChI is InChI=1S/C20H28N4O5S/c1-12(2)11-24-18(21)17(19(27)22-20(24)28)23(9-10-29-4)16(26)8-6-14(25)15-7-5-13(3)30-15/h5,7,12H,6,8-11,21H2,1-4H3,(H,22,27,28). The zero-order chi connectivity index (χ0) is 22.4. The van der Waals surface area contributed by atoms with Gasteiger partial charge in [-0.2, -0.15) is 0 Å². The SMILES string of the molecule is COCCN(C(=O)CCC(=O)c1ccc(C)s1)c1c(N)n(CC(C)C)c(=O)[nH]c1=O. The molecule has 0 aliphatic heterocycles. The fourth-order valence-electron chi connectivity index (χ4n) is 2.99.